The molecule has 0 saturated heterocycles. The van der Waals surface area contributed by atoms with Crippen molar-refractivity contribution in [1.29, 1.82) is 0 Å². The molecule has 0 aromatic carbocycles. The third-order valence-corrected chi connectivity index (χ3v) is 3.38. The molecule has 0 saturated carbocycles. The van der Waals surface area contributed by atoms with Gasteiger partial charge in [0.25, 0.3) is 0 Å². The number of aliphatic hydroxyl groups is 1. The molecule has 2 N–H and O–H groups in total. The Morgan fingerprint density at radius 2 is 2.00 bits per heavy atom. The number of nitrogens with one attached hydrogen (secondary N) is 1. The SMILES string of the molecule is COC(=O)CCS(=O)(=O)NC(C)CC(C)O. The Balaban J connectivity index is 4.09. The van der Waals surface area contributed by atoms with E-state index >= 15 is 0 Å². The van der Waals surface area contributed by atoms with Crippen molar-refractivity contribution in [2.75, 3.05) is 12.9 Å². The minimum Gasteiger partial charge on any atom is -0.469 e. The molecule has 0 amide bonds. The van der Waals surface area contributed by atoms with Crippen LogP contribution in [-0.2, 0) is 19.6 Å². The first-order chi connectivity index (χ1) is 7.26. The fourth-order valence-electron chi connectivity index (χ4n) is 1.24. The number of rotatable bonds is 7. The highest BCUT2D eigenvalue weighted by Crippen LogP contribution is 2.00. The average molecular weight is 253 g/mol. The van der Waals surface area contributed by atoms with Crippen LogP contribution in [0.1, 0.15) is 26.7 Å². The molecule has 0 radical (unpaired) electrons. The maximum absolute atomic E-state index is 11.4. The largest absolute Gasteiger partial charge is 0.469 e. The van der Waals surface area contributed by atoms with E-state index in [-0.39, 0.29) is 18.2 Å². The number of carbonyl (C=O) groups excluding carboxylic acids is 1. The molecule has 96 valence electrons. The van der Waals surface area contributed by atoms with Gasteiger partial charge in [-0.15, -0.1) is 0 Å². The fraction of sp³-hybridized carbons (Fsp3) is 0.889. The molecule has 0 aromatic heterocycles. The molecule has 0 fully saturated rings. The lowest BCUT2D eigenvalue weighted by molar-refractivity contribution is -0.140. The van der Waals surface area contributed by atoms with Gasteiger partial charge in [0, 0.05) is 6.04 Å². The zero-order valence-electron chi connectivity index (χ0n) is 9.76. The Labute approximate surface area is 96.0 Å². The normalized spacial score (nSPS) is 15.5. The number of ether oxygens (including phenoxy) is 1. The summed E-state index contributed by atoms with van der Waals surface area (Å²) >= 11 is 0. The van der Waals surface area contributed by atoms with Crippen LogP contribution in [-0.4, -0.2) is 44.5 Å². The summed E-state index contributed by atoms with van der Waals surface area (Å²) in [5, 5.41) is 9.07. The standard InChI is InChI=1S/C9H19NO5S/c1-7(6-8(2)11)10-16(13,14)5-4-9(12)15-3/h7-8,10-11H,4-6H2,1-3H3. The predicted octanol–water partition coefficient (Wildman–Crippen LogP) is -0.372. The zero-order chi connectivity index (χ0) is 12.8. The molecule has 6 nitrogen and oxygen atoms in total. The van der Waals surface area contributed by atoms with Crippen molar-refractivity contribution in [2.24, 2.45) is 0 Å². The minimum atomic E-state index is -3.49. The first-order valence-corrected chi connectivity index (χ1v) is 6.67. The number of esters is 1. The summed E-state index contributed by atoms with van der Waals surface area (Å²) in [5.74, 6) is -0.863. The van der Waals surface area contributed by atoms with Crippen molar-refractivity contribution in [2.45, 2.75) is 38.8 Å². The van der Waals surface area contributed by atoms with E-state index in [0.717, 1.165) is 0 Å². The molecule has 0 spiro atoms. The fourth-order valence-corrected chi connectivity index (χ4v) is 2.51. The number of carbonyl (C=O) groups is 1. The summed E-state index contributed by atoms with van der Waals surface area (Å²) in [5.41, 5.74) is 0. The molecular weight excluding hydrogens is 234 g/mol. The summed E-state index contributed by atoms with van der Waals surface area (Å²) < 4.78 is 29.6. The first kappa shape index (κ1) is 15.3. The summed E-state index contributed by atoms with van der Waals surface area (Å²) in [6.07, 6.45) is -0.414. The second-order valence-corrected chi connectivity index (χ2v) is 5.62. The number of hydrogen-bond acceptors (Lipinski definition) is 5. The van der Waals surface area contributed by atoms with E-state index in [2.05, 4.69) is 9.46 Å². The molecular formula is C9H19NO5S. The van der Waals surface area contributed by atoms with Gasteiger partial charge in [-0.05, 0) is 20.3 Å². The van der Waals surface area contributed by atoms with Crippen molar-refractivity contribution in [3.05, 3.63) is 0 Å². The second kappa shape index (κ2) is 6.82. The Morgan fingerprint density at radius 3 is 2.44 bits per heavy atom. The van der Waals surface area contributed by atoms with E-state index in [1.54, 1.807) is 13.8 Å². The van der Waals surface area contributed by atoms with Gasteiger partial charge in [-0.2, -0.15) is 0 Å². The highest BCUT2D eigenvalue weighted by Gasteiger charge is 2.17. The summed E-state index contributed by atoms with van der Waals surface area (Å²) in [4.78, 5) is 10.8. The van der Waals surface area contributed by atoms with E-state index in [0.29, 0.717) is 6.42 Å². The third kappa shape index (κ3) is 7.61. The number of hydrogen-bond donors (Lipinski definition) is 2. The van der Waals surface area contributed by atoms with Gasteiger partial charge in [0.05, 0.1) is 25.4 Å². The molecule has 0 aliphatic rings. The molecule has 0 aliphatic carbocycles. The van der Waals surface area contributed by atoms with E-state index in [9.17, 15) is 13.2 Å². The van der Waals surface area contributed by atoms with Gasteiger partial charge in [-0.1, -0.05) is 0 Å². The lowest BCUT2D eigenvalue weighted by Crippen LogP contribution is -2.36. The lowest BCUT2D eigenvalue weighted by atomic mass is 10.2. The summed E-state index contributed by atoms with van der Waals surface area (Å²) in [6, 6.07) is -0.359. The Hall–Kier alpha value is -0.660. The molecule has 0 bridgehead atoms. The van der Waals surface area contributed by atoms with Crippen LogP contribution < -0.4 is 4.72 Å². The van der Waals surface area contributed by atoms with Crippen LogP contribution in [0.2, 0.25) is 0 Å². The van der Waals surface area contributed by atoms with E-state index in [1.165, 1.54) is 7.11 Å². The van der Waals surface area contributed by atoms with Crippen LogP contribution >= 0.6 is 0 Å². The van der Waals surface area contributed by atoms with Gasteiger partial charge < -0.3 is 9.84 Å². The number of methoxy groups -OCH3 is 1. The first-order valence-electron chi connectivity index (χ1n) is 5.01. The molecule has 0 rings (SSSR count). The minimum absolute atomic E-state index is 0.173. The number of sulfonamides is 1. The van der Waals surface area contributed by atoms with Crippen molar-refractivity contribution in [3.63, 3.8) is 0 Å². The van der Waals surface area contributed by atoms with Gasteiger partial charge in [0.1, 0.15) is 0 Å². The monoisotopic (exact) mass is 253 g/mol. The molecule has 16 heavy (non-hydrogen) atoms. The van der Waals surface area contributed by atoms with E-state index < -0.39 is 22.1 Å². The van der Waals surface area contributed by atoms with Crippen LogP contribution in [0, 0.1) is 0 Å². The Morgan fingerprint density at radius 1 is 1.44 bits per heavy atom. The maximum atomic E-state index is 11.4. The lowest BCUT2D eigenvalue weighted by Gasteiger charge is -2.15. The van der Waals surface area contributed by atoms with Crippen molar-refractivity contribution in [1.82, 2.24) is 4.72 Å². The zero-order valence-corrected chi connectivity index (χ0v) is 10.6. The van der Waals surface area contributed by atoms with Crippen LogP contribution in [0.5, 0.6) is 0 Å². The van der Waals surface area contributed by atoms with Crippen LogP contribution in [0.25, 0.3) is 0 Å². The number of aliphatic hydroxyl groups excluding tert-OH is 1. The van der Waals surface area contributed by atoms with Crippen molar-refractivity contribution >= 4 is 16.0 Å². The van der Waals surface area contributed by atoms with Gasteiger partial charge in [0.15, 0.2) is 0 Å². The second-order valence-electron chi connectivity index (χ2n) is 3.75. The van der Waals surface area contributed by atoms with Gasteiger partial charge in [-0.25, -0.2) is 13.1 Å². The summed E-state index contributed by atoms with van der Waals surface area (Å²) in [6.45, 7) is 3.24. The van der Waals surface area contributed by atoms with Gasteiger partial charge in [0.2, 0.25) is 10.0 Å². The molecule has 2 atom stereocenters. The maximum Gasteiger partial charge on any atom is 0.306 e. The molecule has 0 heterocycles. The highest BCUT2D eigenvalue weighted by atomic mass is 32.2. The summed E-state index contributed by atoms with van der Waals surface area (Å²) in [7, 11) is -2.29. The van der Waals surface area contributed by atoms with Gasteiger partial charge in [-0.3, -0.25) is 4.79 Å². The molecule has 0 aliphatic heterocycles. The van der Waals surface area contributed by atoms with Crippen LogP contribution in [0.15, 0.2) is 0 Å². The average Bonchev–Trinajstić information content (AvgIpc) is 2.11. The molecule has 7 heteroatoms. The smallest absolute Gasteiger partial charge is 0.306 e. The Kier molecular flexibility index (Phi) is 6.54. The molecule has 0 aromatic rings. The van der Waals surface area contributed by atoms with Crippen LogP contribution in [0.4, 0.5) is 0 Å². The van der Waals surface area contributed by atoms with Crippen molar-refractivity contribution in [3.8, 4) is 0 Å². The van der Waals surface area contributed by atoms with Gasteiger partial charge >= 0.3 is 5.97 Å². The Bertz CT molecular complexity index is 312. The molecule has 2 unspecified atom stereocenters. The van der Waals surface area contributed by atoms with Crippen molar-refractivity contribution < 1.29 is 23.1 Å². The highest BCUT2D eigenvalue weighted by molar-refractivity contribution is 7.89. The van der Waals surface area contributed by atoms with Crippen LogP contribution in [0.3, 0.4) is 0 Å². The predicted molar refractivity (Wildman–Crippen MR) is 59.3 cm³/mol. The topological polar surface area (TPSA) is 92.7 Å². The van der Waals surface area contributed by atoms with E-state index in [1.807, 2.05) is 0 Å². The van der Waals surface area contributed by atoms with E-state index in [4.69, 9.17) is 5.11 Å². The third-order valence-electron chi connectivity index (χ3n) is 1.88. The quantitative estimate of drug-likeness (QED) is 0.604.